The Kier molecular flexibility index (Phi) is 6.81. The van der Waals surface area contributed by atoms with Crippen molar-refractivity contribution in [3.8, 4) is 11.1 Å². The number of carbonyl (C=O) groups excluding carboxylic acids is 1. The van der Waals surface area contributed by atoms with Gasteiger partial charge in [-0.2, -0.15) is 0 Å². The van der Waals surface area contributed by atoms with Crippen LogP contribution in [0.2, 0.25) is 0 Å². The highest BCUT2D eigenvalue weighted by molar-refractivity contribution is 5.95. The molecule has 1 atom stereocenters. The molecule has 0 spiro atoms. The maximum absolute atomic E-state index is 12.4. The summed E-state index contributed by atoms with van der Waals surface area (Å²) in [6, 6.07) is 11.9. The van der Waals surface area contributed by atoms with Crippen LogP contribution in [0.1, 0.15) is 16.8 Å². The van der Waals surface area contributed by atoms with Gasteiger partial charge in [0.1, 0.15) is 0 Å². The molecular formula is C16H19Cl2N3O. The van der Waals surface area contributed by atoms with Crippen molar-refractivity contribution in [3.05, 3.63) is 54.4 Å². The summed E-state index contributed by atoms with van der Waals surface area (Å²) in [6.07, 6.45) is 4.28. The van der Waals surface area contributed by atoms with E-state index in [4.69, 9.17) is 5.73 Å². The predicted octanol–water partition coefficient (Wildman–Crippen LogP) is 2.77. The Hall–Kier alpha value is -1.62. The number of hydrogen-bond donors (Lipinski definition) is 1. The van der Waals surface area contributed by atoms with Crippen LogP contribution in [0.4, 0.5) is 0 Å². The molecule has 1 aliphatic heterocycles. The zero-order valence-corrected chi connectivity index (χ0v) is 13.6. The highest BCUT2D eigenvalue weighted by atomic mass is 35.5. The van der Waals surface area contributed by atoms with Crippen LogP contribution in [0.15, 0.2) is 48.8 Å². The van der Waals surface area contributed by atoms with Gasteiger partial charge in [-0.15, -0.1) is 24.8 Å². The lowest BCUT2D eigenvalue weighted by atomic mass is 10.1. The number of hydrogen-bond acceptors (Lipinski definition) is 3. The number of aromatic nitrogens is 1. The predicted molar refractivity (Wildman–Crippen MR) is 92.7 cm³/mol. The van der Waals surface area contributed by atoms with E-state index in [0.29, 0.717) is 12.1 Å². The summed E-state index contributed by atoms with van der Waals surface area (Å²) in [7, 11) is 0. The van der Waals surface area contributed by atoms with E-state index in [1.54, 1.807) is 17.3 Å². The number of carbonyl (C=O) groups is 1. The number of pyridine rings is 1. The van der Waals surface area contributed by atoms with Gasteiger partial charge >= 0.3 is 0 Å². The molecule has 6 heteroatoms. The summed E-state index contributed by atoms with van der Waals surface area (Å²) in [5, 5.41) is 0. The van der Waals surface area contributed by atoms with Crippen LogP contribution in [-0.4, -0.2) is 34.9 Å². The summed E-state index contributed by atoms with van der Waals surface area (Å²) in [4.78, 5) is 18.4. The van der Waals surface area contributed by atoms with Crippen molar-refractivity contribution in [3.63, 3.8) is 0 Å². The Bertz CT molecular complexity index is 622. The fourth-order valence-corrected chi connectivity index (χ4v) is 2.50. The molecule has 1 fully saturated rings. The zero-order chi connectivity index (χ0) is 13.9. The number of halogens is 2. The average Bonchev–Trinajstić information content (AvgIpc) is 2.94. The Morgan fingerprint density at radius 1 is 1.14 bits per heavy atom. The first-order valence-corrected chi connectivity index (χ1v) is 6.79. The minimum Gasteiger partial charge on any atom is -0.337 e. The molecule has 0 unspecified atom stereocenters. The van der Waals surface area contributed by atoms with Crippen LogP contribution in [0.3, 0.4) is 0 Å². The minimum atomic E-state index is 0. The molecule has 1 saturated heterocycles. The first-order valence-electron chi connectivity index (χ1n) is 6.79. The number of nitrogens with zero attached hydrogens (tertiary/aromatic N) is 2. The first-order chi connectivity index (χ1) is 9.74. The maximum Gasteiger partial charge on any atom is 0.255 e. The third-order valence-corrected chi connectivity index (χ3v) is 3.60. The Labute approximate surface area is 142 Å². The Morgan fingerprint density at radius 2 is 1.86 bits per heavy atom. The second-order valence-electron chi connectivity index (χ2n) is 5.13. The lowest BCUT2D eigenvalue weighted by Gasteiger charge is -2.16. The molecule has 1 aromatic heterocycles. The number of benzene rings is 1. The van der Waals surface area contributed by atoms with Gasteiger partial charge < -0.3 is 10.6 Å². The van der Waals surface area contributed by atoms with Crippen LogP contribution in [0.25, 0.3) is 11.1 Å². The second-order valence-corrected chi connectivity index (χ2v) is 5.13. The third-order valence-electron chi connectivity index (χ3n) is 3.60. The number of nitrogens with two attached hydrogens (primary N) is 1. The van der Waals surface area contributed by atoms with Crippen molar-refractivity contribution in [2.24, 2.45) is 5.73 Å². The van der Waals surface area contributed by atoms with E-state index in [2.05, 4.69) is 4.98 Å². The molecule has 4 nitrogen and oxygen atoms in total. The summed E-state index contributed by atoms with van der Waals surface area (Å²) in [5.74, 6) is 0.0169. The van der Waals surface area contributed by atoms with E-state index in [-0.39, 0.29) is 36.8 Å². The van der Waals surface area contributed by atoms with Gasteiger partial charge in [-0.25, -0.2) is 0 Å². The molecule has 2 heterocycles. The summed E-state index contributed by atoms with van der Waals surface area (Å²) >= 11 is 0. The molecule has 1 aromatic carbocycles. The van der Waals surface area contributed by atoms with Crippen LogP contribution in [-0.2, 0) is 0 Å². The lowest BCUT2D eigenvalue weighted by Crippen LogP contribution is -2.31. The molecule has 3 rings (SSSR count). The molecule has 0 radical (unpaired) electrons. The van der Waals surface area contributed by atoms with Gasteiger partial charge in [0.2, 0.25) is 0 Å². The van der Waals surface area contributed by atoms with Crippen LogP contribution >= 0.6 is 24.8 Å². The molecule has 1 aliphatic rings. The lowest BCUT2D eigenvalue weighted by molar-refractivity contribution is 0.0790. The van der Waals surface area contributed by atoms with Crippen molar-refractivity contribution in [1.29, 1.82) is 0 Å². The van der Waals surface area contributed by atoms with E-state index < -0.39 is 0 Å². The van der Waals surface area contributed by atoms with Crippen LogP contribution in [0, 0.1) is 0 Å². The van der Waals surface area contributed by atoms with Crippen molar-refractivity contribution >= 4 is 30.7 Å². The van der Waals surface area contributed by atoms with Gasteiger partial charge in [0.15, 0.2) is 0 Å². The highest BCUT2D eigenvalue weighted by Crippen LogP contribution is 2.20. The van der Waals surface area contributed by atoms with Gasteiger partial charge in [0.25, 0.3) is 5.91 Å². The van der Waals surface area contributed by atoms with Crippen molar-refractivity contribution in [2.75, 3.05) is 13.1 Å². The molecule has 2 aromatic rings. The largest absolute Gasteiger partial charge is 0.337 e. The number of rotatable bonds is 2. The summed E-state index contributed by atoms with van der Waals surface area (Å²) in [6.45, 7) is 1.37. The van der Waals surface area contributed by atoms with Crippen molar-refractivity contribution in [1.82, 2.24) is 9.88 Å². The summed E-state index contributed by atoms with van der Waals surface area (Å²) < 4.78 is 0. The van der Waals surface area contributed by atoms with Crippen molar-refractivity contribution in [2.45, 2.75) is 12.5 Å². The molecule has 2 N–H and O–H groups in total. The normalized spacial score (nSPS) is 16.6. The molecule has 1 amide bonds. The van der Waals surface area contributed by atoms with Gasteiger partial charge in [-0.3, -0.25) is 9.78 Å². The van der Waals surface area contributed by atoms with E-state index in [9.17, 15) is 4.79 Å². The minimum absolute atomic E-state index is 0. The molecule has 22 heavy (non-hydrogen) atoms. The van der Waals surface area contributed by atoms with Gasteiger partial charge in [0.05, 0.1) is 5.56 Å². The zero-order valence-electron chi connectivity index (χ0n) is 12.0. The van der Waals surface area contributed by atoms with E-state index in [0.717, 1.165) is 24.1 Å². The maximum atomic E-state index is 12.4. The van der Waals surface area contributed by atoms with E-state index in [1.807, 2.05) is 36.4 Å². The third kappa shape index (κ3) is 3.97. The fourth-order valence-electron chi connectivity index (χ4n) is 2.50. The van der Waals surface area contributed by atoms with E-state index >= 15 is 0 Å². The SMILES string of the molecule is Cl.Cl.N[C@@H]1CCN(C(=O)c2cncc(-c3ccccc3)c2)C1. The monoisotopic (exact) mass is 339 g/mol. The topological polar surface area (TPSA) is 59.2 Å². The summed E-state index contributed by atoms with van der Waals surface area (Å²) in [5.41, 5.74) is 8.50. The highest BCUT2D eigenvalue weighted by Gasteiger charge is 2.24. The molecule has 0 saturated carbocycles. The molecule has 0 bridgehead atoms. The van der Waals surface area contributed by atoms with Crippen molar-refractivity contribution < 1.29 is 4.79 Å². The second kappa shape index (κ2) is 8.13. The van der Waals surface area contributed by atoms with Gasteiger partial charge in [-0.05, 0) is 18.1 Å². The number of amides is 1. The fraction of sp³-hybridized carbons (Fsp3) is 0.250. The molecule has 118 valence electrons. The van der Waals surface area contributed by atoms with E-state index in [1.165, 1.54) is 0 Å². The van der Waals surface area contributed by atoms with Crippen LogP contribution < -0.4 is 5.73 Å². The van der Waals surface area contributed by atoms with Gasteiger partial charge in [0, 0.05) is 37.1 Å². The smallest absolute Gasteiger partial charge is 0.255 e. The quantitative estimate of drug-likeness (QED) is 0.915. The van der Waals surface area contributed by atoms with Gasteiger partial charge in [-0.1, -0.05) is 30.3 Å². The number of likely N-dealkylation sites (tertiary alicyclic amines) is 1. The average molecular weight is 340 g/mol. The molecule has 0 aliphatic carbocycles. The molecular weight excluding hydrogens is 321 g/mol. The Balaban J connectivity index is 0.00000121. The standard InChI is InChI=1S/C16H17N3O.2ClH/c17-15-6-7-19(11-15)16(20)14-8-13(9-18-10-14)12-4-2-1-3-5-12;;/h1-5,8-10,15H,6-7,11,17H2;2*1H/t15-;;/m1../s1. The first kappa shape index (κ1) is 18.4. The van der Waals surface area contributed by atoms with Crippen LogP contribution in [0.5, 0.6) is 0 Å². The Morgan fingerprint density at radius 3 is 2.50 bits per heavy atom.